The van der Waals surface area contributed by atoms with E-state index in [2.05, 4.69) is 269 Å². The summed E-state index contributed by atoms with van der Waals surface area (Å²) >= 11 is 2.92. The third kappa shape index (κ3) is 15.4. The van der Waals surface area contributed by atoms with E-state index in [0.29, 0.717) is 0 Å². The first-order valence-corrected chi connectivity index (χ1v) is 24.8. The first-order chi connectivity index (χ1) is 32.4. The van der Waals surface area contributed by atoms with Gasteiger partial charge in [0.15, 0.2) is 0 Å². The molecule has 0 fully saturated rings. The van der Waals surface area contributed by atoms with E-state index >= 15 is 0 Å². The summed E-state index contributed by atoms with van der Waals surface area (Å²) in [4.78, 5) is 0. The van der Waals surface area contributed by atoms with Crippen molar-refractivity contribution in [3.05, 3.63) is 300 Å². The molecular formula is C64H52F2Zr2-2. The van der Waals surface area contributed by atoms with E-state index in [1.807, 2.05) is 12.2 Å². The van der Waals surface area contributed by atoms with Gasteiger partial charge in [-0.3, -0.25) is 12.2 Å². The third-order valence-corrected chi connectivity index (χ3v) is 13.9. The predicted molar refractivity (Wildman–Crippen MR) is 279 cm³/mol. The van der Waals surface area contributed by atoms with Crippen molar-refractivity contribution < 1.29 is 57.9 Å². The second-order valence-corrected chi connectivity index (χ2v) is 18.3. The molecule has 0 aromatic heterocycles. The molecule has 0 aliphatic heterocycles. The zero-order valence-electron chi connectivity index (χ0n) is 38.4. The molecule has 0 nitrogen and oxygen atoms in total. The van der Waals surface area contributed by atoms with Crippen LogP contribution in [0.5, 0.6) is 0 Å². The minimum absolute atomic E-state index is 0. The Morgan fingerprint density at radius 3 is 0.750 bits per heavy atom. The Labute approximate surface area is 430 Å². The van der Waals surface area contributed by atoms with Crippen molar-refractivity contribution in [3.8, 4) is 0 Å². The molecule has 332 valence electrons. The van der Waals surface area contributed by atoms with Crippen molar-refractivity contribution in [2.45, 2.75) is 26.7 Å². The minimum atomic E-state index is 0. The van der Waals surface area contributed by atoms with Gasteiger partial charge in [-0.1, -0.05) is 72.8 Å². The molecule has 2 aliphatic carbocycles. The van der Waals surface area contributed by atoms with E-state index in [-0.39, 0.29) is 9.41 Å². The summed E-state index contributed by atoms with van der Waals surface area (Å²) in [5.41, 5.74) is 8.01. The van der Waals surface area contributed by atoms with Crippen LogP contribution >= 0.6 is 0 Å². The summed E-state index contributed by atoms with van der Waals surface area (Å²) in [7, 11) is 0. The molecule has 4 heteroatoms. The first kappa shape index (κ1) is 52.8. The molecule has 10 aromatic rings. The zero-order valence-corrected chi connectivity index (χ0v) is 43.3. The molecule has 2 aliphatic rings. The quantitative estimate of drug-likeness (QED) is 0.154. The largest absolute Gasteiger partial charge is 0.126 e. The Balaban J connectivity index is 0.000000155. The van der Waals surface area contributed by atoms with E-state index in [1.54, 1.807) is 0 Å². The van der Waals surface area contributed by atoms with Crippen molar-refractivity contribution in [1.29, 1.82) is 0 Å². The summed E-state index contributed by atoms with van der Waals surface area (Å²) in [5.74, 6) is 0. The molecular weight excluding hydrogens is 989 g/mol. The molecule has 0 N–H and O–H groups in total. The topological polar surface area (TPSA) is 0 Å². The molecule has 0 bridgehead atoms. The molecule has 0 atom stereocenters. The molecule has 10 aromatic carbocycles. The average molecular weight is 1040 g/mol. The van der Waals surface area contributed by atoms with Gasteiger partial charge in [-0.25, -0.2) is 23.3 Å². The molecule has 0 unspecified atom stereocenters. The first-order valence-electron chi connectivity index (χ1n) is 22.4. The van der Waals surface area contributed by atoms with Gasteiger partial charge >= 0.3 is 198 Å². The van der Waals surface area contributed by atoms with Crippen LogP contribution in [-0.2, 0) is 48.5 Å². The average Bonchev–Trinajstić information content (AvgIpc) is 4.23. The van der Waals surface area contributed by atoms with Crippen LogP contribution in [0.3, 0.4) is 0 Å². The monoisotopic (exact) mass is 1040 g/mol. The van der Waals surface area contributed by atoms with Gasteiger partial charge in [-0.2, -0.15) is 12.2 Å². The number of rotatable bonds is 4. The fourth-order valence-electron chi connectivity index (χ4n) is 7.56. The maximum atomic E-state index is 3.05. The third-order valence-electron chi connectivity index (χ3n) is 11.0. The second kappa shape index (κ2) is 28.2. The van der Waals surface area contributed by atoms with Crippen molar-refractivity contribution in [3.63, 3.8) is 0 Å². The molecule has 68 heavy (non-hydrogen) atoms. The fraction of sp³-hybridized carbons (Fsp3) is 0.0625. The van der Waals surface area contributed by atoms with Crippen molar-refractivity contribution in [2.75, 3.05) is 0 Å². The number of allylic oxidation sites excluding steroid dienone is 8. The van der Waals surface area contributed by atoms with Crippen LogP contribution in [0, 0.1) is 12.2 Å². The van der Waals surface area contributed by atoms with E-state index in [0.717, 1.165) is 12.8 Å². The summed E-state index contributed by atoms with van der Waals surface area (Å²) in [6, 6.07) is 80.8. The van der Waals surface area contributed by atoms with Crippen LogP contribution < -0.4 is 9.41 Å². The van der Waals surface area contributed by atoms with Gasteiger partial charge in [0.1, 0.15) is 0 Å². The molecule has 12 rings (SSSR count). The van der Waals surface area contributed by atoms with Gasteiger partial charge in [0.25, 0.3) is 0 Å². The standard InChI is InChI=1S/2C13H9.2C13H10.2C6H7.2FH.2Zr/c2*1-3-7-12-10(5-1)9-11-6-2-4-8-13(11)12;2*1-3-7-12(8-4-1)11-13-9-5-2-6-10-13;2*1-6-4-2-3-5-6;;;;/h2*1-9H;2*1-10H;2*4-5H,2H2,1H3;2*1H;;/q2*-1;;;2*-1;;;2*+2/p-2. The maximum absolute atomic E-state index is 3.05. The maximum Gasteiger partial charge on any atom is -0.0771 e. The van der Waals surface area contributed by atoms with Gasteiger partial charge in [-0.05, 0) is 0 Å². The Kier molecular flexibility index (Phi) is 21.9. The predicted octanol–water partition coefficient (Wildman–Crippen LogP) is 10.4. The van der Waals surface area contributed by atoms with Crippen LogP contribution in [-0.4, -0.2) is 6.41 Å². The Morgan fingerprint density at radius 1 is 0.338 bits per heavy atom. The SMILES string of the molecule is CC1=CC[C-]=C1.CC1=CC[C-]=C1.[F-].[F-].[Zr+2]=[C](c1ccccc1)c1ccccc1.[Zr+2]=[C](c1ccccc1)c1ccccc1.c1ccc2c(c1)[cH-]c1ccccc12.c1ccc2c(c1)[cH-]c1ccccc12. The van der Waals surface area contributed by atoms with Crippen LogP contribution in [0.15, 0.2) is 266 Å². The smallest absolute Gasteiger partial charge is 0.0771 e. The van der Waals surface area contributed by atoms with Crippen LogP contribution in [0.25, 0.3) is 43.1 Å². The number of hydrogen-bond acceptors (Lipinski definition) is 0. The molecule has 0 heterocycles. The fourth-order valence-corrected chi connectivity index (χ4v) is 9.20. The van der Waals surface area contributed by atoms with E-state index in [1.165, 1.54) is 131 Å². The summed E-state index contributed by atoms with van der Waals surface area (Å²) < 4.78 is 2.83. The van der Waals surface area contributed by atoms with Crippen molar-refractivity contribution in [1.82, 2.24) is 0 Å². The number of benzene rings is 8. The van der Waals surface area contributed by atoms with Crippen LogP contribution in [0.1, 0.15) is 48.9 Å². The molecule has 0 radical (unpaired) electrons. The van der Waals surface area contributed by atoms with Gasteiger partial charge in [-0.15, -0.1) is 106 Å². The van der Waals surface area contributed by atoms with E-state index in [4.69, 9.17) is 0 Å². The molecule has 0 spiro atoms. The Morgan fingerprint density at radius 2 is 0.559 bits per heavy atom. The van der Waals surface area contributed by atoms with Gasteiger partial charge < -0.3 is 9.41 Å². The van der Waals surface area contributed by atoms with Crippen LogP contribution in [0.4, 0.5) is 0 Å². The number of halogens is 2. The van der Waals surface area contributed by atoms with Gasteiger partial charge in [0.2, 0.25) is 0 Å². The van der Waals surface area contributed by atoms with Gasteiger partial charge in [0, 0.05) is 0 Å². The Bertz CT molecular complexity index is 2820. The number of fused-ring (bicyclic) bond motifs is 6. The minimum Gasteiger partial charge on any atom is -0.126 e. The Hall–Kier alpha value is -6.17. The molecule has 0 saturated carbocycles. The zero-order chi connectivity index (χ0) is 45.8. The molecule has 0 saturated heterocycles. The summed E-state index contributed by atoms with van der Waals surface area (Å²) in [6.07, 6.45) is 16.5. The molecule has 0 amide bonds. The van der Waals surface area contributed by atoms with Gasteiger partial charge in [0.05, 0.1) is 0 Å². The second-order valence-electron chi connectivity index (χ2n) is 15.9. The van der Waals surface area contributed by atoms with E-state index in [9.17, 15) is 0 Å². The van der Waals surface area contributed by atoms with Crippen molar-refractivity contribution >= 4 is 49.5 Å². The number of hydrogen-bond donors (Lipinski definition) is 0. The van der Waals surface area contributed by atoms with Crippen LogP contribution in [0.2, 0.25) is 0 Å². The normalized spacial score (nSPS) is 11.6. The summed E-state index contributed by atoms with van der Waals surface area (Å²) in [5, 5.41) is 10.8. The summed E-state index contributed by atoms with van der Waals surface area (Å²) in [6.45, 7) is 4.17. The van der Waals surface area contributed by atoms with Crippen molar-refractivity contribution in [2.24, 2.45) is 0 Å². The van der Waals surface area contributed by atoms with E-state index < -0.39 is 0 Å².